The Balaban J connectivity index is 1.60. The van der Waals surface area contributed by atoms with Crippen LogP contribution in [0.3, 0.4) is 0 Å². The number of esters is 1. The molecule has 0 aromatic heterocycles. The van der Waals surface area contributed by atoms with Crippen LogP contribution in [0.1, 0.15) is 16.7 Å². The lowest BCUT2D eigenvalue weighted by atomic mass is 10.1. The van der Waals surface area contributed by atoms with E-state index in [4.69, 9.17) is 9.47 Å². The number of nitrogens with zero attached hydrogens (tertiary/aromatic N) is 1. The van der Waals surface area contributed by atoms with Gasteiger partial charge in [-0.1, -0.05) is 30.3 Å². The van der Waals surface area contributed by atoms with Gasteiger partial charge in [0.1, 0.15) is 6.61 Å². The number of carbonyl (C=O) groups is 1. The van der Waals surface area contributed by atoms with Crippen LogP contribution >= 0.6 is 0 Å². The van der Waals surface area contributed by atoms with Crippen molar-refractivity contribution in [2.45, 2.75) is 17.7 Å². The molecule has 1 fully saturated rings. The summed E-state index contributed by atoms with van der Waals surface area (Å²) in [6, 6.07) is 10.8. The van der Waals surface area contributed by atoms with Crippen molar-refractivity contribution in [3.63, 3.8) is 0 Å². The van der Waals surface area contributed by atoms with E-state index in [1.165, 1.54) is 52.8 Å². The zero-order valence-corrected chi connectivity index (χ0v) is 17.2. The average Bonchev–Trinajstić information content (AvgIpc) is 2.76. The van der Waals surface area contributed by atoms with Crippen LogP contribution < -0.4 is 0 Å². The van der Waals surface area contributed by atoms with Crippen LogP contribution in [-0.4, -0.2) is 45.0 Å². The fourth-order valence-electron chi connectivity index (χ4n) is 2.97. The van der Waals surface area contributed by atoms with E-state index >= 15 is 0 Å². The molecule has 0 saturated carbocycles. The zero-order valence-electron chi connectivity index (χ0n) is 16.3. The van der Waals surface area contributed by atoms with Gasteiger partial charge in [0, 0.05) is 24.7 Å². The number of morpholine rings is 1. The highest BCUT2D eigenvalue weighted by Crippen LogP contribution is 2.32. The van der Waals surface area contributed by atoms with E-state index in [1.807, 2.05) is 0 Å². The lowest BCUT2D eigenvalue weighted by Crippen LogP contribution is -2.40. The maximum atomic E-state index is 13.0. The van der Waals surface area contributed by atoms with Crippen LogP contribution in [0, 0.1) is 0 Å². The molecule has 6 nitrogen and oxygen atoms in total. The van der Waals surface area contributed by atoms with E-state index < -0.39 is 34.3 Å². The fourth-order valence-corrected chi connectivity index (χ4v) is 4.38. The van der Waals surface area contributed by atoms with Gasteiger partial charge >= 0.3 is 12.1 Å². The van der Waals surface area contributed by atoms with Crippen molar-refractivity contribution in [1.82, 2.24) is 4.31 Å². The Kier molecular flexibility index (Phi) is 7.14. The van der Waals surface area contributed by atoms with Crippen molar-refractivity contribution >= 4 is 22.1 Å². The third-order valence-corrected chi connectivity index (χ3v) is 6.51. The van der Waals surface area contributed by atoms with Crippen LogP contribution in [0.15, 0.2) is 59.5 Å². The molecule has 3 rings (SSSR count). The van der Waals surface area contributed by atoms with E-state index in [9.17, 15) is 26.4 Å². The van der Waals surface area contributed by atoms with Gasteiger partial charge in [-0.2, -0.15) is 17.5 Å². The minimum atomic E-state index is -4.54. The minimum absolute atomic E-state index is 0.123. The predicted molar refractivity (Wildman–Crippen MR) is 106 cm³/mol. The highest BCUT2D eigenvalue weighted by atomic mass is 32.2. The number of alkyl halides is 3. The summed E-state index contributed by atoms with van der Waals surface area (Å²) in [6.07, 6.45) is -2.08. The van der Waals surface area contributed by atoms with Gasteiger partial charge in [-0.05, 0) is 29.8 Å². The standard InChI is InChI=1S/C21H20F3NO5S/c22-21(23,24)19-4-2-1-3-17(19)15-30-20(26)10-7-16-5-8-18(9-6-16)31(27,28)25-11-13-29-14-12-25/h1-10H,11-15H2/b10-7+. The predicted octanol–water partition coefficient (Wildman–Crippen LogP) is 3.48. The highest BCUT2D eigenvalue weighted by Gasteiger charge is 2.33. The van der Waals surface area contributed by atoms with Crippen LogP contribution in [0.5, 0.6) is 0 Å². The number of carbonyl (C=O) groups excluding carboxylic acids is 1. The number of hydrogen-bond acceptors (Lipinski definition) is 5. The molecule has 0 N–H and O–H groups in total. The smallest absolute Gasteiger partial charge is 0.416 e. The molecule has 0 atom stereocenters. The van der Waals surface area contributed by atoms with E-state index in [-0.39, 0.29) is 23.5 Å². The summed E-state index contributed by atoms with van der Waals surface area (Å²) in [5, 5.41) is 0. The third kappa shape index (κ3) is 5.93. The van der Waals surface area contributed by atoms with Gasteiger partial charge in [0.25, 0.3) is 0 Å². The van der Waals surface area contributed by atoms with Crippen molar-refractivity contribution < 1.29 is 35.9 Å². The van der Waals surface area contributed by atoms with Gasteiger partial charge in [-0.3, -0.25) is 0 Å². The molecule has 1 heterocycles. The maximum Gasteiger partial charge on any atom is 0.416 e. The Bertz CT molecular complexity index is 1040. The van der Waals surface area contributed by atoms with Gasteiger partial charge < -0.3 is 9.47 Å². The molecule has 0 bridgehead atoms. The summed E-state index contributed by atoms with van der Waals surface area (Å²) in [7, 11) is -3.62. The molecular formula is C21H20F3NO5S. The number of halogens is 3. The fraction of sp³-hybridized carbons (Fsp3) is 0.286. The van der Waals surface area contributed by atoms with Crippen LogP contribution in [0.4, 0.5) is 13.2 Å². The molecule has 31 heavy (non-hydrogen) atoms. The number of ether oxygens (including phenoxy) is 2. The minimum Gasteiger partial charge on any atom is -0.458 e. The van der Waals surface area contributed by atoms with Gasteiger partial charge in [0.2, 0.25) is 10.0 Å². The molecular weight excluding hydrogens is 435 g/mol. The molecule has 0 aliphatic carbocycles. The van der Waals surface area contributed by atoms with Gasteiger partial charge in [0.05, 0.1) is 23.7 Å². The SMILES string of the molecule is O=C(/C=C/c1ccc(S(=O)(=O)N2CCOCC2)cc1)OCc1ccccc1C(F)(F)F. The first-order valence-electron chi connectivity index (χ1n) is 9.36. The van der Waals surface area contributed by atoms with Crippen LogP contribution in [0.25, 0.3) is 6.08 Å². The number of hydrogen-bond donors (Lipinski definition) is 0. The second-order valence-corrected chi connectivity index (χ2v) is 8.62. The lowest BCUT2D eigenvalue weighted by molar-refractivity contribution is -0.143. The number of benzene rings is 2. The average molecular weight is 455 g/mol. The molecule has 0 radical (unpaired) electrons. The summed E-state index contributed by atoms with van der Waals surface area (Å²) in [5.41, 5.74) is -0.466. The Morgan fingerprint density at radius 2 is 1.71 bits per heavy atom. The second-order valence-electron chi connectivity index (χ2n) is 6.68. The van der Waals surface area contributed by atoms with E-state index in [1.54, 1.807) is 0 Å². The molecule has 0 spiro atoms. The van der Waals surface area contributed by atoms with E-state index in [2.05, 4.69) is 0 Å². The van der Waals surface area contributed by atoms with Gasteiger partial charge in [-0.25, -0.2) is 13.2 Å². The van der Waals surface area contributed by atoms with E-state index in [0.29, 0.717) is 18.8 Å². The summed E-state index contributed by atoms with van der Waals surface area (Å²) in [4.78, 5) is 12.0. The summed E-state index contributed by atoms with van der Waals surface area (Å²) < 4.78 is 75.5. The first kappa shape index (κ1) is 23.0. The largest absolute Gasteiger partial charge is 0.458 e. The van der Waals surface area contributed by atoms with Crippen molar-refractivity contribution in [2.75, 3.05) is 26.3 Å². The van der Waals surface area contributed by atoms with Crippen molar-refractivity contribution in [2.24, 2.45) is 0 Å². The Hall–Kier alpha value is -2.69. The Morgan fingerprint density at radius 3 is 2.35 bits per heavy atom. The summed E-state index contributed by atoms with van der Waals surface area (Å²) in [6.45, 7) is 0.737. The van der Waals surface area contributed by atoms with Crippen molar-refractivity contribution in [1.29, 1.82) is 0 Å². The first-order valence-corrected chi connectivity index (χ1v) is 10.8. The monoisotopic (exact) mass is 455 g/mol. The molecule has 1 aliphatic heterocycles. The van der Waals surface area contributed by atoms with Crippen molar-refractivity contribution in [3.8, 4) is 0 Å². The molecule has 0 amide bonds. The maximum absolute atomic E-state index is 13.0. The molecule has 1 saturated heterocycles. The topological polar surface area (TPSA) is 72.9 Å². The molecule has 1 aliphatic rings. The number of sulfonamides is 1. The normalized spacial score (nSPS) is 15.8. The van der Waals surface area contributed by atoms with Gasteiger partial charge in [-0.15, -0.1) is 0 Å². The van der Waals surface area contributed by atoms with Crippen LogP contribution in [0.2, 0.25) is 0 Å². The molecule has 2 aromatic rings. The van der Waals surface area contributed by atoms with Crippen molar-refractivity contribution in [3.05, 3.63) is 71.3 Å². The quantitative estimate of drug-likeness (QED) is 0.493. The zero-order chi connectivity index (χ0) is 22.5. The lowest BCUT2D eigenvalue weighted by Gasteiger charge is -2.26. The molecule has 10 heteroatoms. The second kappa shape index (κ2) is 9.63. The Labute approximate surface area is 177 Å². The highest BCUT2D eigenvalue weighted by molar-refractivity contribution is 7.89. The molecule has 166 valence electrons. The molecule has 2 aromatic carbocycles. The van der Waals surface area contributed by atoms with Crippen LogP contribution in [-0.2, 0) is 37.1 Å². The Morgan fingerprint density at radius 1 is 1.06 bits per heavy atom. The summed E-state index contributed by atoms with van der Waals surface area (Å²) in [5.74, 6) is -0.818. The summed E-state index contributed by atoms with van der Waals surface area (Å²) >= 11 is 0. The van der Waals surface area contributed by atoms with Gasteiger partial charge in [0.15, 0.2) is 0 Å². The number of rotatable bonds is 6. The first-order chi connectivity index (χ1) is 14.7. The third-order valence-electron chi connectivity index (χ3n) is 4.59. The van der Waals surface area contributed by atoms with E-state index in [0.717, 1.165) is 12.1 Å². The molecule has 0 unspecified atom stereocenters.